The van der Waals surface area contributed by atoms with Crippen molar-refractivity contribution in [1.82, 2.24) is 4.90 Å². The maximum Gasteiger partial charge on any atom is 0.241 e. The lowest BCUT2D eigenvalue weighted by Gasteiger charge is -2.33. The van der Waals surface area contributed by atoms with Gasteiger partial charge < -0.3 is 10.1 Å². The quantitative estimate of drug-likeness (QED) is 0.915. The molecule has 126 valence electrons. The smallest absolute Gasteiger partial charge is 0.241 e. The number of hydrogen-bond acceptors (Lipinski definition) is 3. The molecule has 0 aromatic heterocycles. The molecule has 3 rings (SSSR count). The molecule has 1 amide bonds. The van der Waals surface area contributed by atoms with E-state index in [1.807, 2.05) is 38.1 Å². The number of fused-ring (bicyclic) bond motifs is 1. The number of benzene rings is 2. The highest BCUT2D eigenvalue weighted by Gasteiger charge is 2.25. The van der Waals surface area contributed by atoms with Crippen LogP contribution in [0.4, 0.5) is 5.69 Å². The van der Waals surface area contributed by atoms with Gasteiger partial charge in [0, 0.05) is 13.1 Å². The number of nitrogens with one attached hydrogen (secondary N) is 1. The number of carbonyl (C=O) groups excluding carboxylic acids is 1. The van der Waals surface area contributed by atoms with Crippen LogP contribution in [0.25, 0.3) is 0 Å². The van der Waals surface area contributed by atoms with Crippen LogP contribution in [0.3, 0.4) is 0 Å². The van der Waals surface area contributed by atoms with Gasteiger partial charge >= 0.3 is 0 Å². The van der Waals surface area contributed by atoms with E-state index in [4.69, 9.17) is 4.74 Å². The first-order chi connectivity index (χ1) is 11.7. The largest absolute Gasteiger partial charge is 0.492 e. The molecule has 1 N–H and O–H groups in total. The molecule has 0 unspecified atom stereocenters. The van der Waals surface area contributed by atoms with Crippen LogP contribution < -0.4 is 10.1 Å². The Kier molecular flexibility index (Phi) is 5.16. The highest BCUT2D eigenvalue weighted by molar-refractivity contribution is 5.95. The molecule has 0 radical (unpaired) electrons. The number of amides is 1. The van der Waals surface area contributed by atoms with Gasteiger partial charge in [-0.1, -0.05) is 36.4 Å². The van der Waals surface area contributed by atoms with Crippen LogP contribution in [0, 0.1) is 0 Å². The maximum atomic E-state index is 12.7. The molecular weight excluding hydrogens is 300 g/mol. The highest BCUT2D eigenvalue weighted by Crippen LogP contribution is 2.25. The van der Waals surface area contributed by atoms with Gasteiger partial charge in [0.15, 0.2) is 0 Å². The first kappa shape index (κ1) is 16.5. The van der Waals surface area contributed by atoms with E-state index in [1.165, 1.54) is 11.1 Å². The molecule has 1 heterocycles. The van der Waals surface area contributed by atoms with E-state index in [9.17, 15) is 4.79 Å². The molecule has 0 fully saturated rings. The summed E-state index contributed by atoms with van der Waals surface area (Å²) in [4.78, 5) is 14.9. The zero-order valence-corrected chi connectivity index (χ0v) is 14.3. The van der Waals surface area contributed by atoms with Gasteiger partial charge in [-0.2, -0.15) is 0 Å². The Morgan fingerprint density at radius 1 is 1.17 bits per heavy atom. The van der Waals surface area contributed by atoms with Crippen LogP contribution in [0.1, 0.15) is 25.0 Å². The van der Waals surface area contributed by atoms with E-state index >= 15 is 0 Å². The highest BCUT2D eigenvalue weighted by atomic mass is 16.5. The number of rotatable bonds is 5. The molecule has 4 nitrogen and oxygen atoms in total. The van der Waals surface area contributed by atoms with Crippen molar-refractivity contribution in [3.63, 3.8) is 0 Å². The summed E-state index contributed by atoms with van der Waals surface area (Å²) in [5, 5.41) is 3.01. The monoisotopic (exact) mass is 324 g/mol. The molecule has 2 aromatic carbocycles. The number of hydrogen-bond donors (Lipinski definition) is 1. The second-order valence-electron chi connectivity index (χ2n) is 6.08. The minimum absolute atomic E-state index is 0.00142. The van der Waals surface area contributed by atoms with Gasteiger partial charge in [-0.3, -0.25) is 9.69 Å². The van der Waals surface area contributed by atoms with Crippen molar-refractivity contribution in [2.75, 3.05) is 18.5 Å². The summed E-state index contributed by atoms with van der Waals surface area (Å²) in [6, 6.07) is 15.8. The SMILES string of the molecule is CCOc1ccccc1NC(=O)[C@H](C)N1CCc2ccccc2C1. The summed E-state index contributed by atoms with van der Waals surface area (Å²) < 4.78 is 5.58. The third-order valence-corrected chi connectivity index (χ3v) is 4.53. The molecule has 2 aromatic rings. The molecule has 0 aliphatic carbocycles. The van der Waals surface area contributed by atoms with Crippen molar-refractivity contribution in [1.29, 1.82) is 0 Å². The van der Waals surface area contributed by atoms with Crippen molar-refractivity contribution < 1.29 is 9.53 Å². The second kappa shape index (κ2) is 7.49. The standard InChI is InChI=1S/C20H24N2O2/c1-3-24-19-11-7-6-10-18(19)21-20(23)15(2)22-13-12-16-8-4-5-9-17(16)14-22/h4-11,15H,3,12-14H2,1-2H3,(H,21,23)/t15-/m0/s1. The fourth-order valence-electron chi connectivity index (χ4n) is 3.10. The van der Waals surface area contributed by atoms with Gasteiger partial charge in [0.1, 0.15) is 5.75 Å². The van der Waals surface area contributed by atoms with Crippen molar-refractivity contribution in [3.05, 3.63) is 59.7 Å². The Hall–Kier alpha value is -2.33. The first-order valence-corrected chi connectivity index (χ1v) is 8.52. The van der Waals surface area contributed by atoms with E-state index in [2.05, 4.69) is 34.5 Å². The molecule has 4 heteroatoms. The fraction of sp³-hybridized carbons (Fsp3) is 0.350. The van der Waals surface area contributed by atoms with Gasteiger partial charge in [-0.25, -0.2) is 0 Å². The summed E-state index contributed by atoms with van der Waals surface area (Å²) >= 11 is 0. The van der Waals surface area contributed by atoms with Crippen LogP contribution in [0.2, 0.25) is 0 Å². The lowest BCUT2D eigenvalue weighted by molar-refractivity contribution is -0.121. The summed E-state index contributed by atoms with van der Waals surface area (Å²) in [5.41, 5.74) is 3.44. The summed E-state index contributed by atoms with van der Waals surface area (Å²) in [7, 11) is 0. The molecule has 0 saturated heterocycles. The van der Waals surface area contributed by atoms with Crippen molar-refractivity contribution in [2.45, 2.75) is 32.9 Å². The normalized spacial score (nSPS) is 15.4. The average Bonchev–Trinajstić information content (AvgIpc) is 2.62. The Labute approximate surface area is 143 Å². The number of ether oxygens (including phenoxy) is 1. The van der Waals surface area contributed by atoms with Crippen LogP contribution in [-0.2, 0) is 17.8 Å². The van der Waals surface area contributed by atoms with Gasteiger partial charge in [0.05, 0.1) is 18.3 Å². The van der Waals surface area contributed by atoms with Crippen molar-refractivity contribution in [2.24, 2.45) is 0 Å². The lowest BCUT2D eigenvalue weighted by atomic mass is 9.99. The van der Waals surface area contributed by atoms with E-state index in [-0.39, 0.29) is 11.9 Å². The van der Waals surface area contributed by atoms with Crippen LogP contribution in [-0.4, -0.2) is 30.0 Å². The number of nitrogens with zero attached hydrogens (tertiary/aromatic N) is 1. The molecule has 24 heavy (non-hydrogen) atoms. The van der Waals surface area contributed by atoms with E-state index in [0.717, 1.165) is 25.2 Å². The number of carbonyl (C=O) groups is 1. The minimum atomic E-state index is -0.187. The Morgan fingerprint density at radius 3 is 2.67 bits per heavy atom. The van der Waals surface area contributed by atoms with Gasteiger partial charge in [0.2, 0.25) is 5.91 Å². The summed E-state index contributed by atoms with van der Waals surface area (Å²) in [6.07, 6.45) is 0.989. The minimum Gasteiger partial charge on any atom is -0.492 e. The van der Waals surface area contributed by atoms with Gasteiger partial charge in [-0.05, 0) is 43.5 Å². The zero-order chi connectivity index (χ0) is 16.9. The zero-order valence-electron chi connectivity index (χ0n) is 14.3. The Morgan fingerprint density at radius 2 is 1.88 bits per heavy atom. The molecule has 1 atom stereocenters. The van der Waals surface area contributed by atoms with E-state index < -0.39 is 0 Å². The predicted octanol–water partition coefficient (Wildman–Crippen LogP) is 3.47. The molecule has 1 aliphatic heterocycles. The van der Waals surface area contributed by atoms with Crippen molar-refractivity contribution >= 4 is 11.6 Å². The number of anilines is 1. The maximum absolute atomic E-state index is 12.7. The van der Waals surface area contributed by atoms with E-state index in [0.29, 0.717) is 12.4 Å². The summed E-state index contributed by atoms with van der Waals surface area (Å²) in [6.45, 7) is 6.20. The molecule has 0 spiro atoms. The number of para-hydroxylation sites is 2. The van der Waals surface area contributed by atoms with Gasteiger partial charge in [-0.15, -0.1) is 0 Å². The van der Waals surface area contributed by atoms with Crippen LogP contribution >= 0.6 is 0 Å². The topological polar surface area (TPSA) is 41.6 Å². The predicted molar refractivity (Wildman–Crippen MR) is 96.3 cm³/mol. The Bertz CT molecular complexity index is 714. The van der Waals surface area contributed by atoms with Crippen LogP contribution in [0.5, 0.6) is 5.75 Å². The third kappa shape index (κ3) is 3.60. The van der Waals surface area contributed by atoms with Crippen molar-refractivity contribution in [3.8, 4) is 5.75 Å². The molecular formula is C20H24N2O2. The molecule has 1 aliphatic rings. The fourth-order valence-corrected chi connectivity index (χ4v) is 3.10. The second-order valence-corrected chi connectivity index (χ2v) is 6.08. The summed E-state index contributed by atoms with van der Waals surface area (Å²) in [5.74, 6) is 0.714. The third-order valence-electron chi connectivity index (χ3n) is 4.53. The average molecular weight is 324 g/mol. The lowest BCUT2D eigenvalue weighted by Crippen LogP contribution is -2.44. The van der Waals surface area contributed by atoms with E-state index in [1.54, 1.807) is 0 Å². The first-order valence-electron chi connectivity index (χ1n) is 8.52. The molecule has 0 saturated carbocycles. The Balaban J connectivity index is 1.68. The van der Waals surface area contributed by atoms with Crippen LogP contribution in [0.15, 0.2) is 48.5 Å². The van der Waals surface area contributed by atoms with Gasteiger partial charge in [0.25, 0.3) is 0 Å². The molecule has 0 bridgehead atoms.